The minimum absolute atomic E-state index is 0.466. The lowest BCUT2D eigenvalue weighted by molar-refractivity contribution is 0.185. The fraction of sp³-hybridized carbons (Fsp3) is 0.412. The topological polar surface area (TPSA) is 31.6 Å². The van der Waals surface area contributed by atoms with Crippen molar-refractivity contribution in [2.75, 3.05) is 14.2 Å². The minimum atomic E-state index is 0.466. The zero-order valence-corrected chi connectivity index (χ0v) is 12.4. The van der Waals surface area contributed by atoms with Crippen LogP contribution in [0.2, 0.25) is 0 Å². The Bertz CT molecular complexity index is 679. The van der Waals surface area contributed by atoms with Crippen molar-refractivity contribution in [3.63, 3.8) is 0 Å². The summed E-state index contributed by atoms with van der Waals surface area (Å²) >= 11 is 0. The van der Waals surface area contributed by atoms with Crippen LogP contribution < -0.4 is 4.74 Å². The van der Waals surface area contributed by atoms with Gasteiger partial charge in [0.25, 0.3) is 0 Å². The van der Waals surface area contributed by atoms with Crippen molar-refractivity contribution in [2.45, 2.75) is 32.8 Å². The molecule has 0 saturated heterocycles. The first-order valence-corrected chi connectivity index (χ1v) is 6.95. The molecule has 0 aliphatic heterocycles. The summed E-state index contributed by atoms with van der Waals surface area (Å²) in [6, 6.07) is 0. The van der Waals surface area contributed by atoms with Gasteiger partial charge < -0.3 is 13.9 Å². The zero-order valence-electron chi connectivity index (χ0n) is 12.4. The largest absolute Gasteiger partial charge is 0.492 e. The van der Waals surface area contributed by atoms with Crippen LogP contribution in [0.1, 0.15) is 41.5 Å². The zero-order chi connectivity index (χ0) is 14.3. The van der Waals surface area contributed by atoms with Gasteiger partial charge in [0.05, 0.1) is 20.0 Å². The second-order valence-electron chi connectivity index (χ2n) is 5.43. The molecule has 0 fully saturated rings. The quantitative estimate of drug-likeness (QED) is 0.829. The Morgan fingerprint density at radius 1 is 1.35 bits per heavy atom. The molecule has 0 amide bonds. The summed E-state index contributed by atoms with van der Waals surface area (Å²) < 4.78 is 16.8. The highest BCUT2D eigenvalue weighted by atomic mass is 16.5. The molecule has 2 aromatic rings. The molecule has 0 spiro atoms. The van der Waals surface area contributed by atoms with Gasteiger partial charge in [-0.1, -0.05) is 19.1 Å². The van der Waals surface area contributed by atoms with E-state index in [0.717, 1.165) is 34.3 Å². The van der Waals surface area contributed by atoms with E-state index in [-0.39, 0.29) is 0 Å². The summed E-state index contributed by atoms with van der Waals surface area (Å²) in [6.07, 6.45) is 7.19. The van der Waals surface area contributed by atoms with Crippen molar-refractivity contribution in [2.24, 2.45) is 0 Å². The van der Waals surface area contributed by atoms with Crippen LogP contribution in [0.5, 0.6) is 5.75 Å². The molecular formula is C17H20O3. The molecular weight excluding hydrogens is 252 g/mol. The van der Waals surface area contributed by atoms with Gasteiger partial charge in [-0.05, 0) is 36.0 Å². The van der Waals surface area contributed by atoms with Crippen LogP contribution in [0.25, 0.3) is 17.0 Å². The van der Waals surface area contributed by atoms with Crippen LogP contribution in [-0.2, 0) is 11.3 Å². The number of benzene rings is 1. The number of ether oxygens (including phenoxy) is 2. The normalized spacial score (nSPS) is 17.5. The summed E-state index contributed by atoms with van der Waals surface area (Å²) in [5.74, 6) is 1.30. The highest BCUT2D eigenvalue weighted by Crippen LogP contribution is 2.45. The Morgan fingerprint density at radius 2 is 2.15 bits per heavy atom. The Labute approximate surface area is 119 Å². The number of hydrogen-bond acceptors (Lipinski definition) is 3. The molecule has 1 atom stereocenters. The molecule has 0 bridgehead atoms. The summed E-state index contributed by atoms with van der Waals surface area (Å²) in [7, 11) is 3.44. The average molecular weight is 272 g/mol. The Hall–Kier alpha value is -1.74. The van der Waals surface area contributed by atoms with Crippen LogP contribution in [0, 0.1) is 6.92 Å². The van der Waals surface area contributed by atoms with Crippen molar-refractivity contribution in [3.05, 3.63) is 34.6 Å². The van der Waals surface area contributed by atoms with Gasteiger partial charge in [0.1, 0.15) is 0 Å². The first-order chi connectivity index (χ1) is 9.69. The van der Waals surface area contributed by atoms with Crippen LogP contribution in [0.4, 0.5) is 0 Å². The van der Waals surface area contributed by atoms with E-state index in [9.17, 15) is 0 Å². The monoisotopic (exact) mass is 272 g/mol. The SMILES string of the molecule is COCc1c2c(c(OC)c3occ(C)c13)C=CC[C@@H]2C. The van der Waals surface area contributed by atoms with E-state index in [1.807, 2.05) is 0 Å². The standard InChI is InChI=1S/C17H20O3/c1-10-6-5-7-12-14(10)13(9-18-3)15-11(2)8-20-17(15)16(12)19-4/h5,7-8,10H,6,9H2,1-4H3/t10-/m0/s1. The minimum Gasteiger partial charge on any atom is -0.492 e. The lowest BCUT2D eigenvalue weighted by Gasteiger charge is -2.24. The molecule has 1 aliphatic rings. The highest BCUT2D eigenvalue weighted by molar-refractivity contribution is 5.95. The molecule has 106 valence electrons. The van der Waals surface area contributed by atoms with E-state index >= 15 is 0 Å². The van der Waals surface area contributed by atoms with Crippen molar-refractivity contribution >= 4 is 17.0 Å². The van der Waals surface area contributed by atoms with Crippen molar-refractivity contribution in [3.8, 4) is 5.75 Å². The van der Waals surface area contributed by atoms with Crippen LogP contribution in [-0.4, -0.2) is 14.2 Å². The molecule has 3 nitrogen and oxygen atoms in total. The number of methoxy groups -OCH3 is 2. The first-order valence-electron chi connectivity index (χ1n) is 6.95. The Morgan fingerprint density at radius 3 is 2.85 bits per heavy atom. The molecule has 1 aromatic carbocycles. The summed E-state index contributed by atoms with van der Waals surface area (Å²) in [4.78, 5) is 0. The Kier molecular flexibility index (Phi) is 3.30. The third-order valence-electron chi connectivity index (χ3n) is 4.10. The number of aryl methyl sites for hydroxylation is 1. The van der Waals surface area contributed by atoms with Gasteiger partial charge >= 0.3 is 0 Å². The molecule has 0 radical (unpaired) electrons. The van der Waals surface area contributed by atoms with Crippen LogP contribution in [0.15, 0.2) is 16.8 Å². The number of rotatable bonds is 3. The van der Waals surface area contributed by atoms with Gasteiger partial charge in [-0.25, -0.2) is 0 Å². The summed E-state index contributed by atoms with van der Waals surface area (Å²) in [5.41, 5.74) is 5.68. The van der Waals surface area contributed by atoms with Crippen LogP contribution in [0.3, 0.4) is 0 Å². The maximum atomic E-state index is 5.74. The molecule has 1 heterocycles. The van der Waals surface area contributed by atoms with Gasteiger partial charge in [-0.3, -0.25) is 0 Å². The van der Waals surface area contributed by atoms with E-state index in [1.54, 1.807) is 20.5 Å². The second kappa shape index (κ2) is 4.98. The third kappa shape index (κ3) is 1.77. The molecule has 20 heavy (non-hydrogen) atoms. The van der Waals surface area contributed by atoms with Crippen LogP contribution >= 0.6 is 0 Å². The fourth-order valence-corrected chi connectivity index (χ4v) is 3.26. The number of hydrogen-bond donors (Lipinski definition) is 0. The van der Waals surface area contributed by atoms with E-state index in [2.05, 4.69) is 26.0 Å². The average Bonchev–Trinajstić information content (AvgIpc) is 2.81. The fourth-order valence-electron chi connectivity index (χ4n) is 3.26. The molecule has 0 unspecified atom stereocenters. The summed E-state index contributed by atoms with van der Waals surface area (Å²) in [6.45, 7) is 4.92. The predicted molar refractivity (Wildman–Crippen MR) is 80.3 cm³/mol. The van der Waals surface area contributed by atoms with Crippen molar-refractivity contribution in [1.82, 2.24) is 0 Å². The molecule has 1 aromatic heterocycles. The first kappa shape index (κ1) is 13.3. The van der Waals surface area contributed by atoms with Gasteiger partial charge in [0, 0.05) is 18.1 Å². The van der Waals surface area contributed by atoms with Gasteiger partial charge in [-0.2, -0.15) is 0 Å². The maximum absolute atomic E-state index is 5.74. The highest BCUT2D eigenvalue weighted by Gasteiger charge is 2.26. The number of furan rings is 1. The Balaban J connectivity index is 2.46. The van der Waals surface area contributed by atoms with E-state index < -0.39 is 0 Å². The van der Waals surface area contributed by atoms with Gasteiger partial charge in [-0.15, -0.1) is 0 Å². The number of allylic oxidation sites excluding steroid dienone is 1. The van der Waals surface area contributed by atoms with Crippen molar-refractivity contribution < 1.29 is 13.9 Å². The van der Waals surface area contributed by atoms with Crippen molar-refractivity contribution in [1.29, 1.82) is 0 Å². The molecule has 1 aliphatic carbocycles. The maximum Gasteiger partial charge on any atom is 0.176 e. The molecule has 0 saturated carbocycles. The smallest absolute Gasteiger partial charge is 0.176 e. The second-order valence-corrected chi connectivity index (χ2v) is 5.43. The lowest BCUT2D eigenvalue weighted by Crippen LogP contribution is -2.08. The summed E-state index contributed by atoms with van der Waals surface area (Å²) in [5, 5.41) is 1.14. The van der Waals surface area contributed by atoms with E-state index in [1.165, 1.54) is 11.1 Å². The van der Waals surface area contributed by atoms with E-state index in [0.29, 0.717) is 12.5 Å². The third-order valence-corrected chi connectivity index (χ3v) is 4.10. The molecule has 3 rings (SSSR count). The van der Waals surface area contributed by atoms with Gasteiger partial charge in [0.2, 0.25) is 0 Å². The molecule has 3 heteroatoms. The van der Waals surface area contributed by atoms with E-state index in [4.69, 9.17) is 13.9 Å². The lowest BCUT2D eigenvalue weighted by atomic mass is 9.82. The predicted octanol–water partition coefficient (Wildman–Crippen LogP) is 4.42. The van der Waals surface area contributed by atoms with Gasteiger partial charge in [0.15, 0.2) is 11.3 Å². The number of fused-ring (bicyclic) bond motifs is 2. The molecule has 0 N–H and O–H groups in total.